The third-order valence-corrected chi connectivity index (χ3v) is 3.46. The number of nitrogens with two attached hydrogens (primary N) is 1. The van der Waals surface area contributed by atoms with Gasteiger partial charge in [-0.15, -0.1) is 0 Å². The van der Waals surface area contributed by atoms with Crippen LogP contribution in [0, 0.1) is 0 Å². The molecule has 0 radical (unpaired) electrons. The first-order valence-corrected chi connectivity index (χ1v) is 7.00. The molecule has 0 atom stereocenters. The van der Waals surface area contributed by atoms with Gasteiger partial charge in [0.05, 0.1) is 11.4 Å². The molecule has 0 aliphatic carbocycles. The summed E-state index contributed by atoms with van der Waals surface area (Å²) < 4.78 is 0.863. The third-order valence-electron chi connectivity index (χ3n) is 2.73. The summed E-state index contributed by atoms with van der Waals surface area (Å²) in [4.78, 5) is 13.6. The molecular formula is C14H13BrClN3O. The fourth-order valence-electron chi connectivity index (χ4n) is 1.71. The minimum absolute atomic E-state index is 0.290. The Morgan fingerprint density at radius 1 is 1.30 bits per heavy atom. The Balaban J connectivity index is 2.16. The van der Waals surface area contributed by atoms with Crippen molar-refractivity contribution in [3.8, 4) is 0 Å². The summed E-state index contributed by atoms with van der Waals surface area (Å²) in [6.07, 6.45) is 0. The van der Waals surface area contributed by atoms with Crippen LogP contribution >= 0.6 is 27.5 Å². The minimum Gasteiger partial charge on any atom is -0.397 e. The van der Waals surface area contributed by atoms with Gasteiger partial charge in [0.2, 0.25) is 0 Å². The molecule has 3 N–H and O–H groups in total. The maximum atomic E-state index is 12.2. The van der Waals surface area contributed by atoms with Gasteiger partial charge in [0.25, 0.3) is 0 Å². The second-order valence-corrected chi connectivity index (χ2v) is 5.55. The van der Waals surface area contributed by atoms with Crippen molar-refractivity contribution in [1.82, 2.24) is 0 Å². The van der Waals surface area contributed by atoms with Crippen molar-refractivity contribution in [2.45, 2.75) is 0 Å². The number of carbonyl (C=O) groups is 1. The van der Waals surface area contributed by atoms with Gasteiger partial charge in [-0.2, -0.15) is 0 Å². The molecule has 0 aromatic heterocycles. The highest BCUT2D eigenvalue weighted by Gasteiger charge is 2.13. The van der Waals surface area contributed by atoms with Crippen LogP contribution < -0.4 is 16.0 Å². The number of nitrogen functional groups attached to an aromatic ring is 1. The smallest absolute Gasteiger partial charge is 0.326 e. The molecule has 0 aliphatic heterocycles. The summed E-state index contributed by atoms with van der Waals surface area (Å²) in [5.74, 6) is 0. The summed E-state index contributed by atoms with van der Waals surface area (Å²) in [6.45, 7) is 0. The number of hydrogen-bond acceptors (Lipinski definition) is 2. The van der Waals surface area contributed by atoms with Gasteiger partial charge in [-0.25, -0.2) is 4.79 Å². The monoisotopic (exact) mass is 353 g/mol. The molecule has 6 heteroatoms. The molecule has 0 fully saturated rings. The number of benzene rings is 2. The molecule has 0 heterocycles. The Labute approximate surface area is 130 Å². The molecule has 4 nitrogen and oxygen atoms in total. The molecule has 2 aromatic rings. The van der Waals surface area contributed by atoms with Gasteiger partial charge in [0.1, 0.15) is 0 Å². The number of rotatable bonds is 2. The van der Waals surface area contributed by atoms with E-state index in [1.165, 1.54) is 4.90 Å². The number of nitrogens with zero attached hydrogens (tertiary/aromatic N) is 1. The lowest BCUT2D eigenvalue weighted by Gasteiger charge is -2.20. The Hall–Kier alpha value is -1.72. The molecule has 2 amide bonds. The summed E-state index contributed by atoms with van der Waals surface area (Å²) in [5.41, 5.74) is 7.68. The van der Waals surface area contributed by atoms with E-state index in [0.29, 0.717) is 22.1 Å². The number of urea groups is 1. The van der Waals surface area contributed by atoms with Crippen LogP contribution in [0.3, 0.4) is 0 Å². The van der Waals surface area contributed by atoms with Crippen molar-refractivity contribution in [1.29, 1.82) is 0 Å². The Bertz CT molecular complexity index is 648. The van der Waals surface area contributed by atoms with Crippen LogP contribution in [-0.2, 0) is 0 Å². The summed E-state index contributed by atoms with van der Waals surface area (Å²) >= 11 is 9.21. The molecule has 20 heavy (non-hydrogen) atoms. The quantitative estimate of drug-likeness (QED) is 0.788. The summed E-state index contributed by atoms with van der Waals surface area (Å²) in [7, 11) is 1.65. The lowest BCUT2D eigenvalue weighted by Crippen LogP contribution is -2.31. The lowest BCUT2D eigenvalue weighted by molar-refractivity contribution is 0.258. The summed E-state index contributed by atoms with van der Waals surface area (Å²) in [6, 6.07) is 12.0. The van der Waals surface area contributed by atoms with Crippen LogP contribution in [0.1, 0.15) is 0 Å². The zero-order valence-electron chi connectivity index (χ0n) is 10.7. The maximum absolute atomic E-state index is 12.2. The van der Waals surface area contributed by atoms with Gasteiger partial charge in [-0.1, -0.05) is 33.6 Å². The fraction of sp³-hybridized carbons (Fsp3) is 0.0714. The first kappa shape index (κ1) is 14.7. The predicted molar refractivity (Wildman–Crippen MR) is 87.4 cm³/mol. The normalized spacial score (nSPS) is 10.2. The Morgan fingerprint density at radius 2 is 2.05 bits per heavy atom. The van der Waals surface area contributed by atoms with Gasteiger partial charge in [0, 0.05) is 22.2 Å². The Morgan fingerprint density at radius 3 is 2.70 bits per heavy atom. The number of carbonyl (C=O) groups excluding carboxylic acids is 1. The van der Waals surface area contributed by atoms with E-state index in [4.69, 9.17) is 17.3 Å². The van der Waals surface area contributed by atoms with Crippen molar-refractivity contribution in [2.24, 2.45) is 0 Å². The van der Waals surface area contributed by atoms with Crippen LogP contribution in [0.2, 0.25) is 5.02 Å². The van der Waals surface area contributed by atoms with Crippen LogP contribution in [0.15, 0.2) is 46.9 Å². The molecule has 2 aromatic carbocycles. The minimum atomic E-state index is -0.290. The highest BCUT2D eigenvalue weighted by atomic mass is 79.9. The molecule has 0 saturated carbocycles. The second kappa shape index (κ2) is 6.15. The van der Waals surface area contributed by atoms with Crippen LogP contribution in [0.4, 0.5) is 21.9 Å². The fourth-order valence-corrected chi connectivity index (χ4v) is 2.28. The number of halogens is 2. The lowest BCUT2D eigenvalue weighted by atomic mass is 10.2. The van der Waals surface area contributed by atoms with Gasteiger partial charge in [-0.3, -0.25) is 4.90 Å². The van der Waals surface area contributed by atoms with Crippen molar-refractivity contribution in [3.63, 3.8) is 0 Å². The van der Waals surface area contributed by atoms with E-state index < -0.39 is 0 Å². The molecule has 104 valence electrons. The van der Waals surface area contributed by atoms with E-state index >= 15 is 0 Å². The predicted octanol–water partition coefficient (Wildman–Crippen LogP) is 4.35. The highest BCUT2D eigenvalue weighted by Crippen LogP contribution is 2.26. The van der Waals surface area contributed by atoms with Crippen molar-refractivity contribution < 1.29 is 4.79 Å². The van der Waals surface area contributed by atoms with Crippen molar-refractivity contribution >= 4 is 50.6 Å². The highest BCUT2D eigenvalue weighted by molar-refractivity contribution is 9.10. The van der Waals surface area contributed by atoms with E-state index in [1.54, 1.807) is 43.4 Å². The van der Waals surface area contributed by atoms with Crippen LogP contribution in [-0.4, -0.2) is 13.1 Å². The molecule has 0 bridgehead atoms. The third kappa shape index (κ3) is 3.43. The second-order valence-electron chi connectivity index (χ2n) is 4.20. The number of hydrogen-bond donors (Lipinski definition) is 2. The van der Waals surface area contributed by atoms with Gasteiger partial charge >= 0.3 is 6.03 Å². The van der Waals surface area contributed by atoms with Crippen molar-refractivity contribution in [2.75, 3.05) is 23.0 Å². The standard InChI is InChI=1S/C14H13BrClN3O/c1-19(13-6-5-9(15)7-12(13)17)14(20)18-11-4-2-3-10(16)8-11/h2-8H,17H2,1H3,(H,18,20). The Kier molecular flexibility index (Phi) is 4.52. The first-order valence-electron chi connectivity index (χ1n) is 5.82. The van der Waals surface area contributed by atoms with E-state index in [0.717, 1.165) is 4.47 Å². The van der Waals surface area contributed by atoms with Gasteiger partial charge < -0.3 is 11.1 Å². The molecule has 0 spiro atoms. The average molecular weight is 355 g/mol. The number of amides is 2. The van der Waals surface area contributed by atoms with Crippen molar-refractivity contribution in [3.05, 3.63) is 52.0 Å². The van der Waals surface area contributed by atoms with Gasteiger partial charge in [-0.05, 0) is 36.4 Å². The number of anilines is 3. The maximum Gasteiger partial charge on any atom is 0.326 e. The molecule has 2 rings (SSSR count). The van der Waals surface area contributed by atoms with Crippen LogP contribution in [0.5, 0.6) is 0 Å². The molecule has 0 aliphatic rings. The average Bonchev–Trinajstić information content (AvgIpc) is 2.38. The largest absolute Gasteiger partial charge is 0.397 e. The first-order chi connectivity index (χ1) is 9.47. The molecule has 0 saturated heterocycles. The van der Waals surface area contributed by atoms with E-state index in [2.05, 4.69) is 21.2 Å². The van der Waals surface area contributed by atoms with E-state index in [-0.39, 0.29) is 6.03 Å². The zero-order valence-corrected chi connectivity index (χ0v) is 13.1. The van der Waals surface area contributed by atoms with Gasteiger partial charge in [0.15, 0.2) is 0 Å². The van der Waals surface area contributed by atoms with Crippen LogP contribution in [0.25, 0.3) is 0 Å². The zero-order chi connectivity index (χ0) is 14.7. The summed E-state index contributed by atoms with van der Waals surface area (Å²) in [5, 5.41) is 3.32. The number of nitrogens with one attached hydrogen (secondary N) is 1. The topological polar surface area (TPSA) is 58.4 Å². The molecular weight excluding hydrogens is 342 g/mol. The molecule has 0 unspecified atom stereocenters. The van der Waals surface area contributed by atoms with E-state index in [1.807, 2.05) is 6.07 Å². The SMILES string of the molecule is CN(C(=O)Nc1cccc(Cl)c1)c1ccc(Br)cc1N. The van der Waals surface area contributed by atoms with E-state index in [9.17, 15) is 4.79 Å².